The van der Waals surface area contributed by atoms with Gasteiger partial charge >= 0.3 is 6.09 Å². The third-order valence-electron chi connectivity index (χ3n) is 5.00. The van der Waals surface area contributed by atoms with Crippen molar-refractivity contribution < 1.29 is 19.1 Å². The Balaban J connectivity index is 2.38. The predicted molar refractivity (Wildman–Crippen MR) is 130 cm³/mol. The zero-order valence-corrected chi connectivity index (χ0v) is 21.4. The molecule has 34 heavy (non-hydrogen) atoms. The lowest BCUT2D eigenvalue weighted by Gasteiger charge is -2.35. The zero-order chi connectivity index (χ0) is 25.7. The van der Waals surface area contributed by atoms with E-state index in [1.165, 1.54) is 0 Å². The molecule has 0 unspecified atom stereocenters. The normalized spacial score (nSPS) is 14.5. The number of carbonyl (C=O) groups excluding carboxylic acids is 3. The molecule has 1 aromatic heterocycles. The quantitative estimate of drug-likeness (QED) is 0.575. The fraction of sp³-hybridized carbons (Fsp3) is 0.520. The van der Waals surface area contributed by atoms with Gasteiger partial charge in [-0.15, -0.1) is 0 Å². The Labute approximate surface area is 201 Å². The molecule has 186 valence electrons. The monoisotopic (exact) mass is 471 g/mol. The molecule has 0 saturated carbocycles. The molecule has 3 N–H and O–H groups in total. The lowest BCUT2D eigenvalue weighted by atomic mass is 9.89. The molecule has 9 heteroatoms. The average Bonchev–Trinajstić information content (AvgIpc) is 3.09. The van der Waals surface area contributed by atoms with E-state index in [2.05, 4.69) is 20.9 Å². The van der Waals surface area contributed by atoms with E-state index in [1.807, 2.05) is 26.8 Å². The fourth-order valence-electron chi connectivity index (χ4n) is 3.28. The molecular weight excluding hydrogens is 434 g/mol. The van der Waals surface area contributed by atoms with Gasteiger partial charge in [0.2, 0.25) is 5.91 Å². The minimum atomic E-state index is -1.38. The van der Waals surface area contributed by atoms with Crippen molar-refractivity contribution in [3.63, 3.8) is 0 Å². The number of alkyl carbamates (subject to hydrolysis) is 1. The summed E-state index contributed by atoms with van der Waals surface area (Å²) in [6.07, 6.45) is 2.67. The number of imidazole rings is 1. The first-order valence-corrected chi connectivity index (χ1v) is 11.3. The molecule has 0 fully saturated rings. The topological polar surface area (TPSA) is 114 Å². The van der Waals surface area contributed by atoms with Gasteiger partial charge in [0, 0.05) is 30.9 Å². The van der Waals surface area contributed by atoms with Crippen molar-refractivity contribution in [3.05, 3.63) is 54.1 Å². The second-order valence-electron chi connectivity index (χ2n) is 10.6. The van der Waals surface area contributed by atoms with Gasteiger partial charge in [0.05, 0.1) is 6.33 Å². The fourth-order valence-corrected chi connectivity index (χ4v) is 3.28. The molecule has 0 radical (unpaired) electrons. The summed E-state index contributed by atoms with van der Waals surface area (Å²) in [7, 11) is 1.80. The molecule has 0 aliphatic rings. The van der Waals surface area contributed by atoms with E-state index in [0.717, 1.165) is 5.69 Å². The van der Waals surface area contributed by atoms with Crippen LogP contribution in [0.4, 0.5) is 4.79 Å². The minimum Gasteiger partial charge on any atom is -0.444 e. The van der Waals surface area contributed by atoms with Crippen molar-refractivity contribution in [3.8, 4) is 0 Å². The van der Waals surface area contributed by atoms with Crippen LogP contribution < -0.4 is 16.0 Å². The summed E-state index contributed by atoms with van der Waals surface area (Å²) in [5.74, 6) is -0.890. The number of nitrogens with one attached hydrogen (secondary N) is 3. The van der Waals surface area contributed by atoms with Gasteiger partial charge in [-0.1, -0.05) is 30.3 Å². The lowest BCUT2D eigenvalue weighted by Crippen LogP contribution is -2.61. The van der Waals surface area contributed by atoms with Crippen LogP contribution in [-0.4, -0.2) is 44.6 Å². The Hall–Kier alpha value is -3.36. The number of rotatable bonds is 7. The van der Waals surface area contributed by atoms with Gasteiger partial charge in [-0.25, -0.2) is 9.78 Å². The van der Waals surface area contributed by atoms with E-state index in [4.69, 9.17) is 4.74 Å². The number of hydrogen-bond donors (Lipinski definition) is 3. The highest BCUT2D eigenvalue weighted by Gasteiger charge is 2.40. The molecule has 0 aliphatic carbocycles. The molecule has 1 heterocycles. The van der Waals surface area contributed by atoms with Crippen molar-refractivity contribution in [2.45, 2.75) is 77.6 Å². The van der Waals surface area contributed by atoms with Crippen molar-refractivity contribution in [2.75, 3.05) is 0 Å². The molecular formula is C25H37N5O4. The highest BCUT2D eigenvalue weighted by atomic mass is 16.6. The maximum Gasteiger partial charge on any atom is 0.408 e. The first-order valence-electron chi connectivity index (χ1n) is 11.3. The average molecular weight is 472 g/mol. The number of benzene rings is 1. The second-order valence-corrected chi connectivity index (χ2v) is 10.6. The minimum absolute atomic E-state index is 0.160. The molecule has 0 saturated heterocycles. The molecule has 3 amide bonds. The Morgan fingerprint density at radius 3 is 2.12 bits per heavy atom. The highest BCUT2D eigenvalue weighted by molar-refractivity contribution is 5.95. The summed E-state index contributed by atoms with van der Waals surface area (Å²) in [4.78, 5) is 43.5. The molecule has 0 spiro atoms. The van der Waals surface area contributed by atoms with Crippen LogP contribution in [0.2, 0.25) is 0 Å². The van der Waals surface area contributed by atoms with Crippen molar-refractivity contribution >= 4 is 17.9 Å². The molecule has 1 aromatic carbocycles. The van der Waals surface area contributed by atoms with E-state index < -0.39 is 34.7 Å². The Kier molecular flexibility index (Phi) is 8.13. The van der Waals surface area contributed by atoms with E-state index >= 15 is 0 Å². The van der Waals surface area contributed by atoms with Gasteiger partial charge in [-0.05, 0) is 54.0 Å². The summed E-state index contributed by atoms with van der Waals surface area (Å²) >= 11 is 0. The van der Waals surface area contributed by atoms with Crippen LogP contribution in [0.25, 0.3) is 0 Å². The van der Waals surface area contributed by atoms with Crippen molar-refractivity contribution in [1.82, 2.24) is 25.5 Å². The summed E-state index contributed by atoms with van der Waals surface area (Å²) in [5, 5.41) is 8.48. The van der Waals surface area contributed by atoms with Crippen LogP contribution >= 0.6 is 0 Å². The van der Waals surface area contributed by atoms with Gasteiger partial charge in [-0.3, -0.25) is 9.59 Å². The molecule has 2 atom stereocenters. The third kappa shape index (κ3) is 7.60. The highest BCUT2D eigenvalue weighted by Crippen LogP contribution is 2.23. The number of hydrogen-bond acceptors (Lipinski definition) is 5. The van der Waals surface area contributed by atoms with Crippen molar-refractivity contribution in [2.24, 2.45) is 7.05 Å². The van der Waals surface area contributed by atoms with Gasteiger partial charge < -0.3 is 25.3 Å². The number of carbonyl (C=O) groups is 3. The number of ether oxygens (including phenoxy) is 1. The summed E-state index contributed by atoms with van der Waals surface area (Å²) in [6, 6.07) is 7.99. The van der Waals surface area contributed by atoms with Crippen molar-refractivity contribution in [1.29, 1.82) is 0 Å². The first kappa shape index (κ1) is 26.9. The molecule has 2 aromatic rings. The van der Waals surface area contributed by atoms with E-state index in [9.17, 15) is 14.4 Å². The lowest BCUT2D eigenvalue weighted by molar-refractivity contribution is -0.135. The van der Waals surface area contributed by atoms with Crippen LogP contribution in [0.1, 0.15) is 59.7 Å². The van der Waals surface area contributed by atoms with Crippen LogP contribution in [0.5, 0.6) is 0 Å². The largest absolute Gasteiger partial charge is 0.444 e. The summed E-state index contributed by atoms with van der Waals surface area (Å²) < 4.78 is 7.13. The van der Waals surface area contributed by atoms with Crippen LogP contribution in [0.3, 0.4) is 0 Å². The van der Waals surface area contributed by atoms with Gasteiger partial charge in [-0.2, -0.15) is 0 Å². The number of aromatic nitrogens is 2. The Bertz CT molecular complexity index is 1000. The van der Waals surface area contributed by atoms with Gasteiger partial charge in [0.1, 0.15) is 17.2 Å². The van der Waals surface area contributed by atoms with Crippen LogP contribution in [0, 0.1) is 0 Å². The van der Waals surface area contributed by atoms with E-state index in [0.29, 0.717) is 5.56 Å². The number of aryl methyl sites for hydroxylation is 1. The van der Waals surface area contributed by atoms with Crippen LogP contribution in [0.15, 0.2) is 42.9 Å². The number of nitrogens with zero attached hydrogens (tertiary/aromatic N) is 2. The van der Waals surface area contributed by atoms with Gasteiger partial charge in [0.15, 0.2) is 0 Å². The Morgan fingerprint density at radius 2 is 1.62 bits per heavy atom. The Morgan fingerprint density at radius 1 is 1.00 bits per heavy atom. The summed E-state index contributed by atoms with van der Waals surface area (Å²) in [5.41, 5.74) is -1.28. The number of amides is 3. The molecule has 0 bridgehead atoms. The van der Waals surface area contributed by atoms with Gasteiger partial charge in [0.25, 0.3) is 5.91 Å². The zero-order valence-electron chi connectivity index (χ0n) is 21.4. The third-order valence-corrected chi connectivity index (χ3v) is 5.00. The SMILES string of the molecule is Cn1cncc1C[C@H](NC(=O)OC(C)(C)C)C(=O)N[C@](C)(C(=O)NC(C)(C)C)c1ccccc1. The van der Waals surface area contributed by atoms with E-state index in [-0.39, 0.29) is 12.3 Å². The maximum atomic E-state index is 13.5. The first-order chi connectivity index (χ1) is 15.6. The predicted octanol–water partition coefficient (Wildman–Crippen LogP) is 2.80. The smallest absolute Gasteiger partial charge is 0.408 e. The second kappa shape index (κ2) is 10.3. The van der Waals surface area contributed by atoms with E-state index in [1.54, 1.807) is 76.1 Å². The molecule has 0 aliphatic heterocycles. The van der Waals surface area contributed by atoms with Crippen LogP contribution in [-0.2, 0) is 33.3 Å². The molecule has 9 nitrogen and oxygen atoms in total. The summed E-state index contributed by atoms with van der Waals surface area (Å²) in [6.45, 7) is 12.5. The molecule has 2 rings (SSSR count). The maximum absolute atomic E-state index is 13.5. The standard InChI is InChI=1S/C25H37N5O4/c1-23(2,3)29-21(32)25(7,17-12-10-9-11-13-17)28-20(31)19(14-18-15-26-16-30(18)8)27-22(33)34-24(4,5)6/h9-13,15-16,19H,14H2,1-8H3,(H,27,33)(H,28,31)(H,29,32)/t19-,25-/m0/s1.